The highest BCUT2D eigenvalue weighted by molar-refractivity contribution is 7.98. The first-order valence-electron chi connectivity index (χ1n) is 6.40. The molecule has 0 saturated carbocycles. The smallest absolute Gasteiger partial charge is 0.258 e. The molecule has 0 atom stereocenters. The number of H-pyrrole nitrogens is 1. The van der Waals surface area contributed by atoms with E-state index in [-0.39, 0.29) is 5.56 Å². The van der Waals surface area contributed by atoms with E-state index in [2.05, 4.69) is 41.2 Å². The Kier molecular flexibility index (Phi) is 3.56. The largest absolute Gasteiger partial charge is 0.309 e. The molecule has 0 amide bonds. The Hall–Kier alpha value is -2.07. The number of aromatic amines is 1. The fraction of sp³-hybridized carbons (Fsp3) is 0.125. The summed E-state index contributed by atoms with van der Waals surface area (Å²) in [6.45, 7) is 2.07. The molecule has 0 aliphatic rings. The van der Waals surface area contributed by atoms with Crippen LogP contribution in [0.2, 0.25) is 0 Å². The van der Waals surface area contributed by atoms with Gasteiger partial charge in [-0.05, 0) is 31.2 Å². The third kappa shape index (κ3) is 2.75. The van der Waals surface area contributed by atoms with Gasteiger partial charge in [-0.3, -0.25) is 4.79 Å². The average Bonchev–Trinajstić information content (AvgIpc) is 2.47. The summed E-state index contributed by atoms with van der Waals surface area (Å²) in [6, 6.07) is 15.7. The summed E-state index contributed by atoms with van der Waals surface area (Å²) >= 11 is 1.67. The highest BCUT2D eigenvalue weighted by Gasteiger charge is 2.03. The predicted molar refractivity (Wildman–Crippen MR) is 83.1 cm³/mol. The van der Waals surface area contributed by atoms with Crippen molar-refractivity contribution in [2.45, 2.75) is 17.6 Å². The fourth-order valence-corrected chi connectivity index (χ4v) is 2.76. The Morgan fingerprint density at radius 1 is 1.10 bits per heavy atom. The standard InChI is InChI=1S/C16H14N2OS/c1-11-6-8-12(9-7-11)20-10-15-17-14-5-3-2-4-13(14)16(19)18-15/h2-9H,10H2,1H3,(H,17,18,19). The number of para-hydroxylation sites is 1. The molecule has 3 rings (SSSR count). The predicted octanol–water partition coefficient (Wildman–Crippen LogP) is 3.52. The maximum Gasteiger partial charge on any atom is 0.258 e. The molecule has 100 valence electrons. The molecule has 20 heavy (non-hydrogen) atoms. The number of nitrogens with one attached hydrogen (secondary N) is 1. The molecule has 0 saturated heterocycles. The van der Waals surface area contributed by atoms with Crippen LogP contribution in [-0.2, 0) is 5.75 Å². The molecule has 0 fully saturated rings. The molecular formula is C16H14N2OS. The molecule has 3 nitrogen and oxygen atoms in total. The van der Waals surface area contributed by atoms with Crippen LogP contribution in [0.3, 0.4) is 0 Å². The summed E-state index contributed by atoms with van der Waals surface area (Å²) < 4.78 is 0. The first-order chi connectivity index (χ1) is 9.72. The molecule has 1 N–H and O–H groups in total. The molecule has 2 aromatic carbocycles. The summed E-state index contributed by atoms with van der Waals surface area (Å²) in [4.78, 5) is 20.5. The maximum absolute atomic E-state index is 12.0. The molecule has 0 aliphatic carbocycles. The van der Waals surface area contributed by atoms with E-state index in [9.17, 15) is 4.79 Å². The van der Waals surface area contributed by atoms with E-state index >= 15 is 0 Å². The van der Waals surface area contributed by atoms with E-state index < -0.39 is 0 Å². The van der Waals surface area contributed by atoms with E-state index in [1.54, 1.807) is 17.8 Å². The fourth-order valence-electron chi connectivity index (χ4n) is 1.99. The highest BCUT2D eigenvalue weighted by atomic mass is 32.2. The van der Waals surface area contributed by atoms with Gasteiger partial charge in [-0.1, -0.05) is 29.8 Å². The Bertz CT molecular complexity index is 793. The first-order valence-corrected chi connectivity index (χ1v) is 7.38. The van der Waals surface area contributed by atoms with Crippen molar-refractivity contribution < 1.29 is 0 Å². The van der Waals surface area contributed by atoms with Crippen LogP contribution in [0.4, 0.5) is 0 Å². The lowest BCUT2D eigenvalue weighted by molar-refractivity contribution is 1.04. The van der Waals surface area contributed by atoms with Crippen LogP contribution in [0.25, 0.3) is 10.9 Å². The van der Waals surface area contributed by atoms with E-state index in [0.717, 1.165) is 5.52 Å². The molecule has 1 heterocycles. The number of fused-ring (bicyclic) bond motifs is 1. The first kappa shape index (κ1) is 12.9. The second kappa shape index (κ2) is 5.51. The lowest BCUT2D eigenvalue weighted by Gasteiger charge is -2.03. The zero-order valence-electron chi connectivity index (χ0n) is 11.1. The van der Waals surface area contributed by atoms with Crippen LogP contribution in [-0.4, -0.2) is 9.97 Å². The second-order valence-electron chi connectivity index (χ2n) is 4.63. The number of thioether (sulfide) groups is 1. The molecule has 0 bridgehead atoms. The Labute approximate surface area is 121 Å². The zero-order valence-corrected chi connectivity index (χ0v) is 11.9. The monoisotopic (exact) mass is 282 g/mol. The van der Waals surface area contributed by atoms with E-state index in [4.69, 9.17) is 0 Å². The van der Waals surface area contributed by atoms with Gasteiger partial charge < -0.3 is 4.98 Å². The van der Waals surface area contributed by atoms with Gasteiger partial charge in [0, 0.05) is 4.90 Å². The van der Waals surface area contributed by atoms with Gasteiger partial charge in [0.05, 0.1) is 16.7 Å². The third-order valence-electron chi connectivity index (χ3n) is 3.06. The SMILES string of the molecule is Cc1ccc(SCc2nc3ccccc3c(=O)[nH]2)cc1. The van der Waals surface area contributed by atoms with Gasteiger partial charge in [-0.15, -0.1) is 11.8 Å². The van der Waals surface area contributed by atoms with Crippen LogP contribution in [0.1, 0.15) is 11.4 Å². The van der Waals surface area contributed by atoms with Crippen molar-refractivity contribution >= 4 is 22.7 Å². The van der Waals surface area contributed by atoms with Crippen LogP contribution >= 0.6 is 11.8 Å². The Morgan fingerprint density at radius 3 is 2.65 bits per heavy atom. The van der Waals surface area contributed by atoms with Gasteiger partial charge in [-0.2, -0.15) is 0 Å². The molecule has 0 spiro atoms. The maximum atomic E-state index is 12.0. The van der Waals surface area contributed by atoms with Crippen LogP contribution in [0.15, 0.2) is 58.2 Å². The van der Waals surface area contributed by atoms with Gasteiger partial charge in [0.1, 0.15) is 5.82 Å². The van der Waals surface area contributed by atoms with Crippen LogP contribution in [0.5, 0.6) is 0 Å². The number of aryl methyl sites for hydroxylation is 1. The van der Waals surface area contributed by atoms with Crippen LogP contribution in [0, 0.1) is 6.92 Å². The minimum absolute atomic E-state index is 0.0740. The van der Waals surface area contributed by atoms with E-state index in [0.29, 0.717) is 17.0 Å². The quantitative estimate of drug-likeness (QED) is 0.748. The normalized spacial score (nSPS) is 10.8. The van der Waals surface area contributed by atoms with Gasteiger partial charge >= 0.3 is 0 Å². The number of rotatable bonds is 3. The van der Waals surface area contributed by atoms with Crippen molar-refractivity contribution in [2.75, 3.05) is 0 Å². The summed E-state index contributed by atoms with van der Waals surface area (Å²) in [6.07, 6.45) is 0. The van der Waals surface area contributed by atoms with Crippen molar-refractivity contribution in [3.63, 3.8) is 0 Å². The number of hydrogen-bond acceptors (Lipinski definition) is 3. The topological polar surface area (TPSA) is 45.8 Å². The van der Waals surface area contributed by atoms with Crippen LogP contribution < -0.4 is 5.56 Å². The highest BCUT2D eigenvalue weighted by Crippen LogP contribution is 2.21. The summed E-state index contributed by atoms with van der Waals surface area (Å²) in [5, 5.41) is 0.636. The molecular weight excluding hydrogens is 268 g/mol. The minimum atomic E-state index is -0.0740. The molecule has 0 unspecified atom stereocenters. The van der Waals surface area contributed by atoms with Gasteiger partial charge in [0.2, 0.25) is 0 Å². The van der Waals surface area contributed by atoms with Crippen molar-refractivity contribution in [2.24, 2.45) is 0 Å². The van der Waals surface area contributed by atoms with Crippen molar-refractivity contribution in [1.29, 1.82) is 0 Å². The summed E-state index contributed by atoms with van der Waals surface area (Å²) in [5.74, 6) is 1.36. The Balaban J connectivity index is 1.84. The Morgan fingerprint density at radius 2 is 1.85 bits per heavy atom. The van der Waals surface area contributed by atoms with Crippen molar-refractivity contribution in [3.8, 4) is 0 Å². The molecule has 0 aliphatic heterocycles. The average molecular weight is 282 g/mol. The second-order valence-corrected chi connectivity index (χ2v) is 5.68. The number of benzene rings is 2. The summed E-state index contributed by atoms with van der Waals surface area (Å²) in [5.41, 5.74) is 1.91. The lowest BCUT2D eigenvalue weighted by Crippen LogP contribution is -2.11. The molecule has 3 aromatic rings. The van der Waals surface area contributed by atoms with Gasteiger partial charge in [0.25, 0.3) is 5.56 Å². The number of nitrogens with zero attached hydrogens (tertiary/aromatic N) is 1. The lowest BCUT2D eigenvalue weighted by atomic mass is 10.2. The molecule has 0 radical (unpaired) electrons. The van der Waals surface area contributed by atoms with Gasteiger partial charge in [0.15, 0.2) is 0 Å². The number of aromatic nitrogens is 2. The molecule has 4 heteroatoms. The summed E-state index contributed by atoms with van der Waals surface area (Å²) in [7, 11) is 0. The van der Waals surface area contributed by atoms with Crippen molar-refractivity contribution in [3.05, 3.63) is 70.3 Å². The van der Waals surface area contributed by atoms with Crippen molar-refractivity contribution in [1.82, 2.24) is 9.97 Å². The minimum Gasteiger partial charge on any atom is -0.309 e. The number of hydrogen-bond donors (Lipinski definition) is 1. The third-order valence-corrected chi connectivity index (χ3v) is 4.08. The van der Waals surface area contributed by atoms with E-state index in [1.165, 1.54) is 10.5 Å². The van der Waals surface area contributed by atoms with Gasteiger partial charge in [-0.25, -0.2) is 4.98 Å². The zero-order chi connectivity index (χ0) is 13.9. The van der Waals surface area contributed by atoms with E-state index in [1.807, 2.05) is 18.2 Å². The molecule has 1 aromatic heterocycles.